The average Bonchev–Trinajstić information content (AvgIpc) is 2.65. The molecule has 0 aliphatic carbocycles. The molecule has 4 nitrogen and oxygen atoms in total. The van der Waals surface area contributed by atoms with Gasteiger partial charge in [0.05, 0.1) is 0 Å². The van der Waals surface area contributed by atoms with Crippen molar-refractivity contribution in [3.05, 3.63) is 64.7 Å². The van der Waals surface area contributed by atoms with Crippen molar-refractivity contribution in [3.8, 4) is 0 Å². The van der Waals surface area contributed by atoms with E-state index in [0.717, 1.165) is 30.6 Å². The molecule has 0 fully saturated rings. The maximum Gasteiger partial charge on any atom is 0.228 e. The van der Waals surface area contributed by atoms with Gasteiger partial charge >= 0.3 is 0 Å². The van der Waals surface area contributed by atoms with E-state index in [1.807, 2.05) is 47.4 Å². The van der Waals surface area contributed by atoms with Gasteiger partial charge in [0.15, 0.2) is 0 Å². The highest BCUT2D eigenvalue weighted by Crippen LogP contribution is 2.27. The minimum atomic E-state index is -0.0354. The van der Waals surface area contributed by atoms with Crippen molar-refractivity contribution in [2.45, 2.75) is 32.7 Å². The summed E-state index contributed by atoms with van der Waals surface area (Å²) >= 11 is 5.91. The Kier molecular flexibility index (Phi) is 5.94. The van der Waals surface area contributed by atoms with Gasteiger partial charge in [-0.3, -0.25) is 9.59 Å². The van der Waals surface area contributed by atoms with E-state index in [4.69, 9.17) is 11.6 Å². The van der Waals surface area contributed by atoms with Crippen molar-refractivity contribution in [2.24, 2.45) is 0 Å². The van der Waals surface area contributed by atoms with E-state index in [1.54, 1.807) is 4.90 Å². The summed E-state index contributed by atoms with van der Waals surface area (Å²) in [5.74, 6) is 0.0336. The normalized spacial score (nSPS) is 13.2. The highest BCUT2D eigenvalue weighted by Gasteiger charge is 2.22. The van der Waals surface area contributed by atoms with Gasteiger partial charge in [-0.05, 0) is 42.2 Å². The average molecular weight is 371 g/mol. The molecule has 1 aliphatic heterocycles. The van der Waals surface area contributed by atoms with Crippen LogP contribution in [-0.4, -0.2) is 29.8 Å². The van der Waals surface area contributed by atoms with Gasteiger partial charge in [-0.15, -0.1) is 0 Å². The Bertz CT molecular complexity index is 789. The second kappa shape index (κ2) is 8.37. The maximum absolute atomic E-state index is 12.8. The van der Waals surface area contributed by atoms with Crippen LogP contribution in [-0.2, 0) is 22.6 Å². The first kappa shape index (κ1) is 18.5. The lowest BCUT2D eigenvalue weighted by molar-refractivity contribution is -0.130. The molecule has 1 aliphatic rings. The van der Waals surface area contributed by atoms with Gasteiger partial charge in [0, 0.05) is 43.7 Å². The van der Waals surface area contributed by atoms with Crippen molar-refractivity contribution in [1.82, 2.24) is 4.90 Å². The number of carbonyl (C=O) groups excluding carboxylic acids is 2. The van der Waals surface area contributed by atoms with Crippen molar-refractivity contribution in [2.75, 3.05) is 18.0 Å². The van der Waals surface area contributed by atoms with Gasteiger partial charge in [0.25, 0.3) is 0 Å². The van der Waals surface area contributed by atoms with Crippen LogP contribution in [0.1, 0.15) is 30.9 Å². The Morgan fingerprint density at radius 3 is 2.58 bits per heavy atom. The second-order valence-electron chi connectivity index (χ2n) is 6.59. The SMILES string of the molecule is CC(=O)N(CCC(=O)N1CCCc2ccccc21)Cc1ccc(Cl)cc1. The lowest BCUT2D eigenvalue weighted by atomic mass is 10.0. The number of rotatable bonds is 5. The molecule has 0 atom stereocenters. The van der Waals surface area contributed by atoms with E-state index in [2.05, 4.69) is 6.07 Å². The smallest absolute Gasteiger partial charge is 0.228 e. The molecule has 0 radical (unpaired) electrons. The van der Waals surface area contributed by atoms with Gasteiger partial charge in [-0.2, -0.15) is 0 Å². The Morgan fingerprint density at radius 2 is 1.85 bits per heavy atom. The van der Waals surface area contributed by atoms with Crippen LogP contribution in [0.5, 0.6) is 0 Å². The van der Waals surface area contributed by atoms with E-state index >= 15 is 0 Å². The van der Waals surface area contributed by atoms with Gasteiger partial charge in [-0.1, -0.05) is 41.9 Å². The first-order valence-corrected chi connectivity index (χ1v) is 9.30. The van der Waals surface area contributed by atoms with E-state index in [9.17, 15) is 9.59 Å². The molecule has 5 heteroatoms. The number of benzene rings is 2. The molecule has 2 aromatic rings. The second-order valence-corrected chi connectivity index (χ2v) is 7.03. The monoisotopic (exact) mass is 370 g/mol. The third-order valence-electron chi connectivity index (χ3n) is 4.74. The number of fused-ring (bicyclic) bond motifs is 1. The summed E-state index contributed by atoms with van der Waals surface area (Å²) in [6.07, 6.45) is 2.31. The van der Waals surface area contributed by atoms with E-state index < -0.39 is 0 Å². The number of halogens is 1. The van der Waals surface area contributed by atoms with Gasteiger partial charge < -0.3 is 9.80 Å². The fourth-order valence-corrected chi connectivity index (χ4v) is 3.44. The van der Waals surface area contributed by atoms with Crippen LogP contribution in [0.3, 0.4) is 0 Å². The zero-order chi connectivity index (χ0) is 18.5. The Morgan fingerprint density at radius 1 is 1.12 bits per heavy atom. The molecule has 26 heavy (non-hydrogen) atoms. The van der Waals surface area contributed by atoms with Crippen molar-refractivity contribution < 1.29 is 9.59 Å². The van der Waals surface area contributed by atoms with Crippen molar-refractivity contribution in [3.63, 3.8) is 0 Å². The molecule has 2 amide bonds. The van der Waals surface area contributed by atoms with E-state index in [0.29, 0.717) is 24.5 Å². The van der Waals surface area contributed by atoms with Crippen LogP contribution in [0.4, 0.5) is 5.69 Å². The number of hydrogen-bond donors (Lipinski definition) is 0. The predicted molar refractivity (Wildman–Crippen MR) is 104 cm³/mol. The van der Waals surface area contributed by atoms with Crippen molar-refractivity contribution >= 4 is 29.1 Å². The highest BCUT2D eigenvalue weighted by atomic mass is 35.5. The standard InChI is InChI=1S/C21H23ClN2O2/c1-16(25)23(15-17-8-10-19(22)11-9-17)14-12-21(26)24-13-4-6-18-5-2-3-7-20(18)24/h2-3,5,7-11H,4,6,12-15H2,1H3. The molecule has 0 unspecified atom stereocenters. The number of carbonyl (C=O) groups is 2. The lowest BCUT2D eigenvalue weighted by Crippen LogP contribution is -2.38. The van der Waals surface area contributed by atoms with Crippen LogP contribution in [0.15, 0.2) is 48.5 Å². The summed E-state index contributed by atoms with van der Waals surface area (Å²) < 4.78 is 0. The van der Waals surface area contributed by atoms with Gasteiger partial charge in [-0.25, -0.2) is 0 Å². The molecule has 2 aromatic carbocycles. The van der Waals surface area contributed by atoms with Crippen LogP contribution >= 0.6 is 11.6 Å². The van der Waals surface area contributed by atoms with Crippen molar-refractivity contribution in [1.29, 1.82) is 0 Å². The zero-order valence-corrected chi connectivity index (χ0v) is 15.7. The number of para-hydroxylation sites is 1. The summed E-state index contributed by atoms with van der Waals surface area (Å²) in [6.45, 7) is 3.18. The molecule has 0 N–H and O–H groups in total. The van der Waals surface area contributed by atoms with Gasteiger partial charge in [0.1, 0.15) is 0 Å². The van der Waals surface area contributed by atoms with E-state index in [-0.39, 0.29) is 11.8 Å². The topological polar surface area (TPSA) is 40.6 Å². The molecular formula is C21H23ClN2O2. The Labute approximate surface area is 159 Å². The summed E-state index contributed by atoms with van der Waals surface area (Å²) in [7, 11) is 0. The summed E-state index contributed by atoms with van der Waals surface area (Å²) in [4.78, 5) is 28.3. The quantitative estimate of drug-likeness (QED) is 0.796. The number of nitrogens with zero attached hydrogens (tertiary/aromatic N) is 2. The van der Waals surface area contributed by atoms with Gasteiger partial charge in [0.2, 0.25) is 11.8 Å². The fourth-order valence-electron chi connectivity index (χ4n) is 3.32. The molecule has 3 rings (SSSR count). The highest BCUT2D eigenvalue weighted by molar-refractivity contribution is 6.30. The summed E-state index contributed by atoms with van der Waals surface area (Å²) in [5.41, 5.74) is 3.23. The molecule has 0 bridgehead atoms. The first-order chi connectivity index (χ1) is 12.5. The number of amides is 2. The number of hydrogen-bond acceptors (Lipinski definition) is 2. The van der Waals surface area contributed by atoms with Crippen LogP contribution < -0.4 is 4.90 Å². The third kappa shape index (κ3) is 4.44. The molecule has 0 aromatic heterocycles. The predicted octanol–water partition coefficient (Wildman–Crippen LogP) is 4.06. The molecule has 1 heterocycles. The maximum atomic E-state index is 12.8. The molecule has 0 saturated carbocycles. The molecule has 0 spiro atoms. The fraction of sp³-hybridized carbons (Fsp3) is 0.333. The Balaban J connectivity index is 1.63. The molecule has 136 valence electrons. The Hall–Kier alpha value is -2.33. The number of aryl methyl sites for hydroxylation is 1. The third-order valence-corrected chi connectivity index (χ3v) is 4.99. The first-order valence-electron chi connectivity index (χ1n) is 8.93. The van der Waals surface area contributed by atoms with Crippen LogP contribution in [0.2, 0.25) is 5.02 Å². The number of anilines is 1. The van der Waals surface area contributed by atoms with Crippen LogP contribution in [0, 0.1) is 0 Å². The minimum Gasteiger partial charge on any atom is -0.338 e. The summed E-state index contributed by atoms with van der Waals surface area (Å²) in [5, 5.41) is 0.669. The minimum absolute atomic E-state index is 0.0354. The van der Waals surface area contributed by atoms with Crippen LogP contribution in [0.25, 0.3) is 0 Å². The molecular weight excluding hydrogens is 348 g/mol. The summed E-state index contributed by atoms with van der Waals surface area (Å²) in [6, 6.07) is 15.5. The molecule has 0 saturated heterocycles. The zero-order valence-electron chi connectivity index (χ0n) is 15.0. The largest absolute Gasteiger partial charge is 0.338 e. The lowest BCUT2D eigenvalue weighted by Gasteiger charge is -2.30. The van der Waals surface area contributed by atoms with E-state index in [1.165, 1.54) is 12.5 Å².